The van der Waals surface area contributed by atoms with E-state index in [0.29, 0.717) is 6.61 Å². The van der Waals surface area contributed by atoms with Crippen molar-refractivity contribution in [2.24, 2.45) is 0 Å². The lowest BCUT2D eigenvalue weighted by atomic mass is 10.1. The first-order valence-electron chi connectivity index (χ1n) is 19.4. The summed E-state index contributed by atoms with van der Waals surface area (Å²) in [7, 11) is -2.17. The summed E-state index contributed by atoms with van der Waals surface area (Å²) in [4.78, 5) is 20.2. The molecule has 0 aromatic carbocycles. The molecular weight excluding hydrogens is 549 g/mol. The molecule has 0 spiro atoms. The minimum absolute atomic E-state index is 0.471. The molecular formula is C38H78NO3P. The fourth-order valence-corrected chi connectivity index (χ4v) is 6.32. The number of nitrogens with zero attached hydrogens (tertiary/aromatic N) is 1. The van der Waals surface area contributed by atoms with Gasteiger partial charge in [-0.3, -0.25) is 0 Å². The van der Waals surface area contributed by atoms with Gasteiger partial charge in [0.2, 0.25) is 0 Å². The monoisotopic (exact) mass is 628 g/mol. The summed E-state index contributed by atoms with van der Waals surface area (Å²) in [6.07, 6.45) is 45.6. The molecule has 0 rings (SSSR count). The van der Waals surface area contributed by atoms with Gasteiger partial charge in [0, 0.05) is 0 Å². The summed E-state index contributed by atoms with van der Waals surface area (Å²) < 4.78 is 4.80. The lowest BCUT2D eigenvalue weighted by Crippen LogP contribution is -2.27. The number of rotatable bonds is 37. The summed E-state index contributed by atoms with van der Waals surface area (Å²) in [5.41, 5.74) is 0. The first-order valence-corrected chi connectivity index (χ1v) is 20.5. The van der Waals surface area contributed by atoms with Crippen molar-refractivity contribution in [1.29, 1.82) is 0 Å². The largest absolute Gasteiger partial charge is 0.328 e. The molecule has 0 aliphatic rings. The summed E-state index contributed by atoms with van der Waals surface area (Å²) in [5, 5.41) is 0. The highest BCUT2D eigenvalue weighted by Gasteiger charge is 2.05. The van der Waals surface area contributed by atoms with Crippen LogP contribution in [0.25, 0.3) is 0 Å². The molecule has 4 nitrogen and oxygen atoms in total. The van der Waals surface area contributed by atoms with E-state index in [1.165, 1.54) is 199 Å². The van der Waals surface area contributed by atoms with Crippen molar-refractivity contribution >= 4 is 8.60 Å². The quantitative estimate of drug-likeness (QED) is 0.0409. The van der Waals surface area contributed by atoms with Crippen LogP contribution in [-0.4, -0.2) is 40.9 Å². The van der Waals surface area contributed by atoms with E-state index in [1.54, 1.807) is 0 Å². The van der Waals surface area contributed by atoms with Gasteiger partial charge in [-0.1, -0.05) is 167 Å². The van der Waals surface area contributed by atoms with Crippen LogP contribution in [0, 0.1) is 0 Å². The van der Waals surface area contributed by atoms with E-state index >= 15 is 0 Å². The van der Waals surface area contributed by atoms with Crippen molar-refractivity contribution in [3.05, 3.63) is 12.2 Å². The number of hydrogen-bond donors (Lipinski definition) is 2. The van der Waals surface area contributed by atoms with E-state index in [0.717, 1.165) is 12.8 Å². The Morgan fingerprint density at radius 1 is 0.419 bits per heavy atom. The predicted octanol–water partition coefficient (Wildman–Crippen LogP) is 12.8. The summed E-state index contributed by atoms with van der Waals surface area (Å²) in [6.45, 7) is 9.10. The van der Waals surface area contributed by atoms with Gasteiger partial charge in [0.15, 0.2) is 0 Å². The van der Waals surface area contributed by atoms with Crippen LogP contribution >= 0.6 is 8.60 Å². The van der Waals surface area contributed by atoms with Crippen LogP contribution in [0.1, 0.15) is 206 Å². The zero-order chi connectivity index (χ0) is 31.3. The first kappa shape index (κ1) is 43.0. The number of unbranched alkanes of at least 4 members (excludes halogenated alkanes) is 26. The van der Waals surface area contributed by atoms with Crippen LogP contribution in [0.5, 0.6) is 0 Å². The van der Waals surface area contributed by atoms with Crippen LogP contribution in [0.15, 0.2) is 12.2 Å². The third-order valence-electron chi connectivity index (χ3n) is 8.89. The Labute approximate surface area is 272 Å². The van der Waals surface area contributed by atoms with E-state index in [9.17, 15) is 0 Å². The van der Waals surface area contributed by atoms with Crippen molar-refractivity contribution in [1.82, 2.24) is 4.90 Å². The minimum atomic E-state index is -2.17. The molecule has 0 unspecified atom stereocenters. The fourth-order valence-electron chi connectivity index (χ4n) is 6.03. The Morgan fingerprint density at radius 3 is 1.07 bits per heavy atom. The van der Waals surface area contributed by atoms with Crippen molar-refractivity contribution in [3.63, 3.8) is 0 Å². The Morgan fingerprint density at radius 2 is 0.721 bits per heavy atom. The minimum Gasteiger partial charge on any atom is -0.328 e. The van der Waals surface area contributed by atoms with Gasteiger partial charge < -0.3 is 19.2 Å². The number of allylic oxidation sites excluding steroid dienone is 2. The average Bonchev–Trinajstić information content (AvgIpc) is 3.00. The van der Waals surface area contributed by atoms with Gasteiger partial charge >= 0.3 is 8.60 Å². The standard InChI is InChI=1S/C38H78NO3P/c1-3-5-7-9-11-23-27-31-35-39(36-32-28-24-12-10-8-6-4-2)37-33-29-25-21-19-17-15-13-14-16-18-20-22-26-30-34-38-42-43(40)41/h13-14,40-41H,3-12,15-38H2,1-2H3/b14-13-. The smallest absolute Gasteiger partial charge is 0.327 e. The molecule has 0 aromatic rings. The molecule has 0 aromatic heterocycles. The Bertz CT molecular complexity index is 511. The third kappa shape index (κ3) is 38.1. The molecule has 0 fully saturated rings. The van der Waals surface area contributed by atoms with Gasteiger partial charge in [-0.2, -0.15) is 0 Å². The van der Waals surface area contributed by atoms with E-state index in [2.05, 4.69) is 30.9 Å². The normalized spacial score (nSPS) is 12.0. The molecule has 0 saturated heterocycles. The van der Waals surface area contributed by atoms with Gasteiger partial charge in [0.25, 0.3) is 0 Å². The van der Waals surface area contributed by atoms with Gasteiger partial charge in [0.1, 0.15) is 0 Å². The zero-order valence-corrected chi connectivity index (χ0v) is 30.3. The van der Waals surface area contributed by atoms with Gasteiger partial charge in [-0.25, -0.2) is 0 Å². The van der Waals surface area contributed by atoms with Crippen LogP contribution in [-0.2, 0) is 4.52 Å². The summed E-state index contributed by atoms with van der Waals surface area (Å²) in [5.74, 6) is 0. The van der Waals surface area contributed by atoms with Gasteiger partial charge in [-0.05, 0) is 71.0 Å². The molecule has 0 amide bonds. The lowest BCUT2D eigenvalue weighted by molar-refractivity contribution is 0.248. The van der Waals surface area contributed by atoms with Gasteiger partial charge in [0.05, 0.1) is 6.61 Å². The molecule has 0 bridgehead atoms. The molecule has 258 valence electrons. The second-order valence-electron chi connectivity index (χ2n) is 13.2. The lowest BCUT2D eigenvalue weighted by Gasteiger charge is -2.22. The predicted molar refractivity (Wildman–Crippen MR) is 193 cm³/mol. The topological polar surface area (TPSA) is 52.9 Å². The van der Waals surface area contributed by atoms with Crippen molar-refractivity contribution < 1.29 is 14.3 Å². The molecule has 0 saturated carbocycles. The molecule has 0 heterocycles. The summed E-state index contributed by atoms with van der Waals surface area (Å²) >= 11 is 0. The molecule has 0 radical (unpaired) electrons. The van der Waals surface area contributed by atoms with Crippen molar-refractivity contribution in [2.45, 2.75) is 206 Å². The Balaban J connectivity index is 3.75. The second-order valence-corrected chi connectivity index (χ2v) is 13.9. The average molecular weight is 628 g/mol. The molecule has 0 atom stereocenters. The SMILES string of the molecule is CCCCCCCCCCN(CCCCCCCC/C=C\CCCCCCCCOP(O)O)CCCCCCCCCC. The van der Waals surface area contributed by atoms with E-state index in [1.807, 2.05) is 0 Å². The van der Waals surface area contributed by atoms with Crippen LogP contribution in [0.4, 0.5) is 0 Å². The first-order chi connectivity index (χ1) is 21.2. The van der Waals surface area contributed by atoms with Gasteiger partial charge in [-0.15, -0.1) is 0 Å². The Hall–Kier alpha value is 0.01000. The molecule has 0 aliphatic heterocycles. The fraction of sp³-hybridized carbons (Fsp3) is 0.947. The molecule has 43 heavy (non-hydrogen) atoms. The maximum Gasteiger partial charge on any atom is 0.327 e. The summed E-state index contributed by atoms with van der Waals surface area (Å²) in [6, 6.07) is 0. The van der Waals surface area contributed by atoms with E-state index in [-0.39, 0.29) is 0 Å². The van der Waals surface area contributed by atoms with Crippen LogP contribution in [0.2, 0.25) is 0 Å². The molecule has 0 aliphatic carbocycles. The van der Waals surface area contributed by atoms with Crippen molar-refractivity contribution in [3.8, 4) is 0 Å². The zero-order valence-electron chi connectivity index (χ0n) is 29.4. The maximum atomic E-state index is 8.70. The Kier molecular flexibility index (Phi) is 38.2. The van der Waals surface area contributed by atoms with E-state index in [4.69, 9.17) is 14.3 Å². The highest BCUT2D eigenvalue weighted by atomic mass is 31.2. The highest BCUT2D eigenvalue weighted by molar-refractivity contribution is 7.39. The molecule has 5 heteroatoms. The molecule has 2 N–H and O–H groups in total. The second kappa shape index (κ2) is 38.2. The van der Waals surface area contributed by atoms with Crippen molar-refractivity contribution in [2.75, 3.05) is 26.2 Å². The third-order valence-corrected chi connectivity index (χ3v) is 9.30. The number of hydrogen-bond acceptors (Lipinski definition) is 4. The van der Waals surface area contributed by atoms with Crippen LogP contribution < -0.4 is 0 Å². The van der Waals surface area contributed by atoms with Crippen LogP contribution in [0.3, 0.4) is 0 Å². The van der Waals surface area contributed by atoms with E-state index < -0.39 is 8.60 Å². The maximum absolute atomic E-state index is 8.70. The highest BCUT2D eigenvalue weighted by Crippen LogP contribution is 2.24.